The number of Topliss-reactive ketones (excluding diaryl/α,β-unsaturated/α-hetero) is 1. The minimum atomic E-state index is -0.973. The maximum absolute atomic E-state index is 13.3. The van der Waals surface area contributed by atoms with Gasteiger partial charge in [-0.1, -0.05) is 80.4 Å². The molecule has 1 aliphatic heterocycles. The highest BCUT2D eigenvalue weighted by molar-refractivity contribution is 9.15. The number of fused-ring (bicyclic) bond motifs is 4. The van der Waals surface area contributed by atoms with Crippen LogP contribution in [0.4, 0.5) is 0 Å². The summed E-state index contributed by atoms with van der Waals surface area (Å²) in [7, 11) is 0. The van der Waals surface area contributed by atoms with Crippen molar-refractivity contribution in [3.63, 3.8) is 0 Å². The molecule has 122 valence electrons. The Balaban J connectivity index is 1.72. The number of rotatable bonds is 0. The number of benzene rings is 3. The van der Waals surface area contributed by atoms with Crippen LogP contribution in [0, 0.1) is 0 Å². The molecule has 1 unspecified atom stereocenters. The summed E-state index contributed by atoms with van der Waals surface area (Å²) in [5.74, 6) is 0.825. The van der Waals surface area contributed by atoms with Crippen LogP contribution in [0.25, 0.3) is 15.3 Å². The molecule has 4 heteroatoms. The Kier molecular flexibility index (Phi) is 3.25. The fourth-order valence-electron chi connectivity index (χ4n) is 3.78. The average Bonchev–Trinajstić information content (AvgIpc) is 2.99. The highest BCUT2D eigenvalue weighted by Gasteiger charge is 2.48. The molecule has 0 radical (unpaired) electrons. The third-order valence-electron chi connectivity index (χ3n) is 4.93. The molecule has 0 aromatic heterocycles. The maximum atomic E-state index is 13.3. The molecule has 5 rings (SSSR count). The highest BCUT2D eigenvalue weighted by Crippen LogP contribution is 2.48. The number of ketones is 1. The molecule has 2 aliphatic rings. The molecule has 3 aromatic carbocycles. The van der Waals surface area contributed by atoms with Crippen molar-refractivity contribution in [2.75, 3.05) is 0 Å². The first kappa shape index (κ1) is 15.4. The van der Waals surface area contributed by atoms with Crippen LogP contribution in [0.1, 0.15) is 21.5 Å². The van der Waals surface area contributed by atoms with Gasteiger partial charge in [-0.3, -0.25) is 4.79 Å². The van der Waals surface area contributed by atoms with E-state index in [0.29, 0.717) is 12.0 Å². The quantitative estimate of drug-likeness (QED) is 0.421. The largest absolute Gasteiger partial charge is 0.474 e. The van der Waals surface area contributed by atoms with Crippen molar-refractivity contribution in [1.29, 1.82) is 0 Å². The van der Waals surface area contributed by atoms with Crippen molar-refractivity contribution in [3.05, 3.63) is 81.8 Å². The van der Waals surface area contributed by atoms with Crippen LogP contribution < -0.4 is 4.74 Å². The van der Waals surface area contributed by atoms with Crippen molar-refractivity contribution in [3.8, 4) is 5.75 Å². The fraction of sp³-hybridized carbons (Fsp3) is 0.0952. The van der Waals surface area contributed by atoms with Crippen molar-refractivity contribution in [2.45, 2.75) is 12.0 Å². The summed E-state index contributed by atoms with van der Waals surface area (Å²) in [5, 5.41) is 2.12. The lowest BCUT2D eigenvalue weighted by molar-refractivity contribution is 0.0679. The van der Waals surface area contributed by atoms with Crippen LogP contribution in [0.5, 0.6) is 5.75 Å². The zero-order valence-corrected chi connectivity index (χ0v) is 16.2. The fourth-order valence-corrected chi connectivity index (χ4v) is 5.12. The molecular formula is C21H12Br2O2. The normalized spacial score (nSPS) is 21.0. The van der Waals surface area contributed by atoms with Gasteiger partial charge in [0.25, 0.3) is 0 Å². The number of hydrogen-bond donors (Lipinski definition) is 0. The van der Waals surface area contributed by atoms with Gasteiger partial charge in [-0.15, -0.1) is 0 Å². The van der Waals surface area contributed by atoms with E-state index in [0.717, 1.165) is 36.6 Å². The molecule has 0 N–H and O–H groups in total. The molecule has 1 atom stereocenters. The second-order valence-corrected chi connectivity index (χ2v) is 8.14. The van der Waals surface area contributed by atoms with Crippen molar-refractivity contribution < 1.29 is 9.53 Å². The van der Waals surface area contributed by atoms with Crippen LogP contribution in [0.2, 0.25) is 0 Å². The summed E-state index contributed by atoms with van der Waals surface area (Å²) >= 11 is 7.28. The van der Waals surface area contributed by atoms with Crippen LogP contribution in [-0.4, -0.2) is 11.4 Å². The summed E-state index contributed by atoms with van der Waals surface area (Å²) < 4.78 is 8.29. The van der Waals surface area contributed by atoms with Gasteiger partial charge < -0.3 is 4.74 Å². The van der Waals surface area contributed by atoms with E-state index in [-0.39, 0.29) is 5.78 Å². The minimum absolute atomic E-state index is 0.0164. The second kappa shape index (κ2) is 5.29. The first-order valence-electron chi connectivity index (χ1n) is 8.01. The molecule has 0 saturated carbocycles. The Morgan fingerprint density at radius 3 is 2.40 bits per heavy atom. The van der Waals surface area contributed by atoms with Gasteiger partial charge in [0.15, 0.2) is 5.60 Å². The van der Waals surface area contributed by atoms with Gasteiger partial charge >= 0.3 is 0 Å². The van der Waals surface area contributed by atoms with Crippen LogP contribution >= 0.6 is 31.9 Å². The average molecular weight is 456 g/mol. The van der Waals surface area contributed by atoms with Crippen LogP contribution in [0.3, 0.4) is 0 Å². The number of halogens is 2. The lowest BCUT2D eigenvalue weighted by Crippen LogP contribution is -2.43. The van der Waals surface area contributed by atoms with Gasteiger partial charge in [0.1, 0.15) is 5.75 Å². The van der Waals surface area contributed by atoms with E-state index in [2.05, 4.69) is 44.0 Å². The van der Waals surface area contributed by atoms with Gasteiger partial charge in [-0.05, 0) is 23.1 Å². The van der Waals surface area contributed by atoms with Gasteiger partial charge in [0, 0.05) is 31.9 Å². The lowest BCUT2D eigenvalue weighted by atomic mass is 9.82. The Bertz CT molecular complexity index is 1100. The molecule has 0 fully saturated rings. The molecule has 1 heterocycles. The molecule has 25 heavy (non-hydrogen) atoms. The molecule has 0 amide bonds. The van der Waals surface area contributed by atoms with Crippen molar-refractivity contribution in [1.82, 2.24) is 0 Å². The summed E-state index contributed by atoms with van der Waals surface area (Å²) in [6, 6.07) is 17.8. The smallest absolute Gasteiger partial charge is 0.211 e. The van der Waals surface area contributed by atoms with Crippen LogP contribution in [0.15, 0.2) is 65.1 Å². The van der Waals surface area contributed by atoms with E-state index in [1.165, 1.54) is 0 Å². The SMILES string of the molecule is O=C1c2ccccc2C(Br)=CC12Cc1cc(Br)c3ccccc3c1O2. The van der Waals surface area contributed by atoms with Gasteiger partial charge in [0.2, 0.25) is 5.78 Å². The third-order valence-corrected chi connectivity index (χ3v) is 6.24. The molecule has 2 nitrogen and oxygen atoms in total. The van der Waals surface area contributed by atoms with Crippen molar-refractivity contribution >= 4 is 52.9 Å². The van der Waals surface area contributed by atoms with E-state index in [1.807, 2.05) is 48.5 Å². The monoisotopic (exact) mass is 454 g/mol. The van der Waals surface area contributed by atoms with E-state index in [9.17, 15) is 4.79 Å². The summed E-state index contributed by atoms with van der Waals surface area (Å²) in [6.45, 7) is 0. The zero-order valence-electron chi connectivity index (χ0n) is 13.1. The van der Waals surface area contributed by atoms with Crippen LogP contribution in [-0.2, 0) is 6.42 Å². The van der Waals surface area contributed by atoms with Gasteiger partial charge in [-0.2, -0.15) is 0 Å². The maximum Gasteiger partial charge on any atom is 0.211 e. The molecule has 1 aliphatic carbocycles. The molecule has 0 bridgehead atoms. The first-order valence-corrected chi connectivity index (χ1v) is 9.59. The lowest BCUT2D eigenvalue weighted by Gasteiger charge is -2.29. The Hall–Kier alpha value is -1.91. The molecular weight excluding hydrogens is 444 g/mol. The van der Waals surface area contributed by atoms with Gasteiger partial charge in [0.05, 0.1) is 0 Å². The van der Waals surface area contributed by atoms with Crippen molar-refractivity contribution in [2.24, 2.45) is 0 Å². The summed E-state index contributed by atoms with van der Waals surface area (Å²) in [5.41, 5.74) is 1.70. The Morgan fingerprint density at radius 1 is 0.920 bits per heavy atom. The standard InChI is InChI=1S/C21H12Br2O2/c22-17-9-12-10-21(25-19(12)15-7-3-1-5-13(15)17)11-18(23)14-6-2-4-8-16(14)20(21)24/h1-9,11H,10H2. The first-order chi connectivity index (χ1) is 12.1. The number of hydrogen-bond acceptors (Lipinski definition) is 2. The summed E-state index contributed by atoms with van der Waals surface area (Å²) in [4.78, 5) is 13.3. The van der Waals surface area contributed by atoms with Gasteiger partial charge in [-0.25, -0.2) is 0 Å². The Labute approximate surface area is 161 Å². The second-order valence-electron chi connectivity index (χ2n) is 6.43. The minimum Gasteiger partial charge on any atom is -0.474 e. The van der Waals surface area contributed by atoms with E-state index >= 15 is 0 Å². The predicted molar refractivity (Wildman–Crippen MR) is 106 cm³/mol. The molecule has 1 spiro atoms. The Morgan fingerprint density at radius 2 is 1.60 bits per heavy atom. The highest BCUT2D eigenvalue weighted by atomic mass is 79.9. The number of carbonyl (C=O) groups excluding carboxylic acids is 1. The molecule has 0 saturated heterocycles. The van der Waals surface area contributed by atoms with E-state index in [4.69, 9.17) is 4.74 Å². The van der Waals surface area contributed by atoms with E-state index in [1.54, 1.807) is 0 Å². The van der Waals surface area contributed by atoms with E-state index < -0.39 is 5.60 Å². The predicted octanol–water partition coefficient (Wildman–Crippen LogP) is 5.91. The number of ether oxygens (including phenoxy) is 1. The molecule has 3 aromatic rings. The zero-order chi connectivity index (χ0) is 17.2. The summed E-state index contributed by atoms with van der Waals surface area (Å²) in [6.07, 6.45) is 2.45. The number of carbonyl (C=O) groups is 1. The topological polar surface area (TPSA) is 26.3 Å². The third kappa shape index (κ3) is 2.10.